The van der Waals surface area contributed by atoms with Crippen LogP contribution in [-0.4, -0.2) is 19.3 Å². The van der Waals surface area contributed by atoms with Crippen molar-refractivity contribution >= 4 is 0 Å². The maximum Gasteiger partial charge on any atom is 0.263 e. The van der Waals surface area contributed by atoms with E-state index in [1.165, 1.54) is 12.1 Å². The topological polar surface area (TPSA) is 21.3 Å². The standard InChI is InChI=1S/C12H15F2NO/c13-12(14)10-3-1-9(2-4-10)7-15-11-5-6-16-8-11/h1-4,11-12,15H,5-8H2. The van der Waals surface area contributed by atoms with Crippen LogP contribution < -0.4 is 5.32 Å². The normalized spacial score (nSPS) is 20.6. The fraction of sp³-hybridized carbons (Fsp3) is 0.500. The van der Waals surface area contributed by atoms with E-state index in [2.05, 4.69) is 5.32 Å². The Morgan fingerprint density at radius 1 is 1.31 bits per heavy atom. The van der Waals surface area contributed by atoms with Crippen LogP contribution in [0.1, 0.15) is 24.0 Å². The van der Waals surface area contributed by atoms with E-state index in [1.54, 1.807) is 12.1 Å². The van der Waals surface area contributed by atoms with Gasteiger partial charge in [-0.25, -0.2) is 8.78 Å². The Kier molecular flexibility index (Phi) is 3.85. The molecule has 0 radical (unpaired) electrons. The second-order valence-electron chi connectivity index (χ2n) is 3.98. The van der Waals surface area contributed by atoms with Crippen LogP contribution in [0.25, 0.3) is 0 Å². The number of rotatable bonds is 4. The predicted octanol–water partition coefficient (Wildman–Crippen LogP) is 2.50. The molecule has 1 fully saturated rings. The van der Waals surface area contributed by atoms with Gasteiger partial charge in [0.25, 0.3) is 6.43 Å². The smallest absolute Gasteiger partial charge is 0.263 e. The third-order valence-corrected chi connectivity index (χ3v) is 2.76. The van der Waals surface area contributed by atoms with E-state index in [9.17, 15) is 8.78 Å². The Morgan fingerprint density at radius 2 is 2.06 bits per heavy atom. The zero-order valence-corrected chi connectivity index (χ0v) is 8.96. The van der Waals surface area contributed by atoms with E-state index >= 15 is 0 Å². The number of hydrogen-bond donors (Lipinski definition) is 1. The molecule has 4 heteroatoms. The van der Waals surface area contributed by atoms with Crippen LogP contribution >= 0.6 is 0 Å². The molecule has 1 saturated heterocycles. The van der Waals surface area contributed by atoms with Gasteiger partial charge in [-0.05, 0) is 12.0 Å². The molecule has 2 rings (SSSR count). The fourth-order valence-electron chi connectivity index (χ4n) is 1.74. The molecule has 1 aromatic rings. The minimum atomic E-state index is -2.38. The highest BCUT2D eigenvalue weighted by Gasteiger charge is 2.14. The summed E-state index contributed by atoms with van der Waals surface area (Å²) in [5.41, 5.74) is 1.10. The zero-order valence-electron chi connectivity index (χ0n) is 8.96. The van der Waals surface area contributed by atoms with E-state index in [0.717, 1.165) is 25.2 Å². The number of nitrogens with one attached hydrogen (secondary N) is 1. The molecule has 88 valence electrons. The summed E-state index contributed by atoms with van der Waals surface area (Å²) in [4.78, 5) is 0. The zero-order chi connectivity index (χ0) is 11.4. The molecule has 0 aliphatic carbocycles. The van der Waals surface area contributed by atoms with Gasteiger partial charge in [0.1, 0.15) is 0 Å². The highest BCUT2D eigenvalue weighted by atomic mass is 19.3. The molecule has 0 aromatic heterocycles. The monoisotopic (exact) mass is 227 g/mol. The SMILES string of the molecule is FC(F)c1ccc(CNC2CCOC2)cc1. The third-order valence-electron chi connectivity index (χ3n) is 2.76. The van der Waals surface area contributed by atoms with Gasteiger partial charge in [-0.1, -0.05) is 24.3 Å². The quantitative estimate of drug-likeness (QED) is 0.853. The summed E-state index contributed by atoms with van der Waals surface area (Å²) in [5, 5.41) is 3.33. The molecule has 1 N–H and O–H groups in total. The van der Waals surface area contributed by atoms with Gasteiger partial charge in [0, 0.05) is 24.8 Å². The lowest BCUT2D eigenvalue weighted by molar-refractivity contribution is 0.151. The van der Waals surface area contributed by atoms with Crippen LogP contribution in [0.4, 0.5) is 8.78 Å². The van der Waals surface area contributed by atoms with Crippen molar-refractivity contribution in [2.75, 3.05) is 13.2 Å². The maximum atomic E-state index is 12.3. The van der Waals surface area contributed by atoms with Gasteiger partial charge >= 0.3 is 0 Å². The Bertz CT molecular complexity index is 320. The summed E-state index contributed by atoms with van der Waals surface area (Å²) in [5.74, 6) is 0. The summed E-state index contributed by atoms with van der Waals surface area (Å²) in [6.07, 6.45) is -1.36. The molecule has 0 amide bonds. The first-order valence-corrected chi connectivity index (χ1v) is 5.44. The van der Waals surface area contributed by atoms with Gasteiger partial charge in [-0.3, -0.25) is 0 Å². The molecular weight excluding hydrogens is 212 g/mol. The third kappa shape index (κ3) is 3.00. The summed E-state index contributed by atoms with van der Waals surface area (Å²) in [7, 11) is 0. The van der Waals surface area contributed by atoms with Gasteiger partial charge in [0.2, 0.25) is 0 Å². The molecular formula is C12H15F2NO. The van der Waals surface area contributed by atoms with Crippen LogP contribution in [0.2, 0.25) is 0 Å². The lowest BCUT2D eigenvalue weighted by atomic mass is 10.1. The highest BCUT2D eigenvalue weighted by molar-refractivity contribution is 5.23. The van der Waals surface area contributed by atoms with Crippen molar-refractivity contribution in [2.45, 2.75) is 25.4 Å². The van der Waals surface area contributed by atoms with Crippen LogP contribution in [0.15, 0.2) is 24.3 Å². The fourth-order valence-corrected chi connectivity index (χ4v) is 1.74. The minimum Gasteiger partial charge on any atom is -0.380 e. The Hall–Kier alpha value is -1.00. The number of alkyl halides is 2. The molecule has 1 aromatic carbocycles. The summed E-state index contributed by atoms with van der Waals surface area (Å²) >= 11 is 0. The van der Waals surface area contributed by atoms with E-state index < -0.39 is 6.43 Å². The minimum absolute atomic E-state index is 0.0768. The largest absolute Gasteiger partial charge is 0.380 e. The Morgan fingerprint density at radius 3 is 2.62 bits per heavy atom. The molecule has 1 aliphatic heterocycles. The average molecular weight is 227 g/mol. The Labute approximate surface area is 93.6 Å². The van der Waals surface area contributed by atoms with Crippen molar-refractivity contribution in [1.29, 1.82) is 0 Å². The van der Waals surface area contributed by atoms with Crippen LogP contribution in [-0.2, 0) is 11.3 Å². The van der Waals surface area contributed by atoms with Gasteiger partial charge in [-0.15, -0.1) is 0 Å². The molecule has 0 bridgehead atoms. The highest BCUT2D eigenvalue weighted by Crippen LogP contribution is 2.18. The predicted molar refractivity (Wildman–Crippen MR) is 57.5 cm³/mol. The van der Waals surface area contributed by atoms with Gasteiger partial charge in [0.05, 0.1) is 6.61 Å². The average Bonchev–Trinajstić information content (AvgIpc) is 2.80. The first-order chi connectivity index (χ1) is 7.75. The molecule has 1 heterocycles. The van der Waals surface area contributed by atoms with Crippen LogP contribution in [0, 0.1) is 0 Å². The van der Waals surface area contributed by atoms with E-state index in [1.807, 2.05) is 0 Å². The molecule has 1 unspecified atom stereocenters. The lowest BCUT2D eigenvalue weighted by Crippen LogP contribution is -2.28. The molecule has 1 aliphatic rings. The van der Waals surface area contributed by atoms with E-state index in [0.29, 0.717) is 12.6 Å². The molecule has 16 heavy (non-hydrogen) atoms. The molecule has 0 saturated carbocycles. The van der Waals surface area contributed by atoms with E-state index in [-0.39, 0.29) is 5.56 Å². The second-order valence-corrected chi connectivity index (χ2v) is 3.98. The number of hydrogen-bond acceptors (Lipinski definition) is 2. The van der Waals surface area contributed by atoms with Crippen molar-refractivity contribution in [2.24, 2.45) is 0 Å². The molecule has 0 spiro atoms. The molecule has 2 nitrogen and oxygen atoms in total. The van der Waals surface area contributed by atoms with Crippen LogP contribution in [0.3, 0.4) is 0 Å². The van der Waals surface area contributed by atoms with E-state index in [4.69, 9.17) is 4.74 Å². The Balaban J connectivity index is 1.84. The van der Waals surface area contributed by atoms with Gasteiger partial charge in [0.15, 0.2) is 0 Å². The summed E-state index contributed by atoms with van der Waals surface area (Å²) in [6, 6.07) is 6.84. The number of halogens is 2. The first kappa shape index (κ1) is 11.5. The number of ether oxygens (including phenoxy) is 1. The summed E-state index contributed by atoms with van der Waals surface area (Å²) < 4.78 is 29.8. The molecule has 1 atom stereocenters. The lowest BCUT2D eigenvalue weighted by Gasteiger charge is -2.10. The maximum absolute atomic E-state index is 12.3. The van der Waals surface area contributed by atoms with Gasteiger partial charge in [-0.2, -0.15) is 0 Å². The summed E-state index contributed by atoms with van der Waals surface area (Å²) in [6.45, 7) is 2.26. The van der Waals surface area contributed by atoms with Crippen molar-refractivity contribution in [3.8, 4) is 0 Å². The first-order valence-electron chi connectivity index (χ1n) is 5.44. The van der Waals surface area contributed by atoms with Crippen molar-refractivity contribution in [1.82, 2.24) is 5.32 Å². The van der Waals surface area contributed by atoms with Crippen LogP contribution in [0.5, 0.6) is 0 Å². The second kappa shape index (κ2) is 5.37. The van der Waals surface area contributed by atoms with Gasteiger partial charge < -0.3 is 10.1 Å². The van der Waals surface area contributed by atoms with Crippen molar-refractivity contribution in [3.05, 3.63) is 35.4 Å². The van der Waals surface area contributed by atoms with Crippen molar-refractivity contribution in [3.63, 3.8) is 0 Å². The van der Waals surface area contributed by atoms with Crippen molar-refractivity contribution < 1.29 is 13.5 Å². The number of benzene rings is 1.